The van der Waals surface area contributed by atoms with E-state index < -0.39 is 0 Å². The van der Waals surface area contributed by atoms with Crippen LogP contribution in [0.2, 0.25) is 5.02 Å². The number of benzene rings is 2. The highest BCUT2D eigenvalue weighted by Crippen LogP contribution is 2.34. The molecule has 0 aliphatic carbocycles. The summed E-state index contributed by atoms with van der Waals surface area (Å²) >= 11 is 9.90. The number of aryl methyl sites for hydroxylation is 1. The Morgan fingerprint density at radius 3 is 2.47 bits per heavy atom. The summed E-state index contributed by atoms with van der Waals surface area (Å²) in [6.45, 7) is 2.05. The number of hydrogen-bond donors (Lipinski definition) is 0. The third kappa shape index (κ3) is 3.36. The summed E-state index contributed by atoms with van der Waals surface area (Å²) in [5, 5.41) is 0.751. The van der Waals surface area contributed by atoms with Gasteiger partial charge in [-0.05, 0) is 71.5 Å². The Morgan fingerprint density at radius 1 is 1.18 bits per heavy atom. The van der Waals surface area contributed by atoms with Gasteiger partial charge in [-0.3, -0.25) is 0 Å². The molecule has 0 aromatic heterocycles. The van der Waals surface area contributed by atoms with Gasteiger partial charge in [0.25, 0.3) is 0 Å². The van der Waals surface area contributed by atoms with Gasteiger partial charge in [0.05, 0.1) is 5.02 Å². The maximum atomic E-state index is 12.8. The van der Waals surface area contributed by atoms with E-state index in [4.69, 9.17) is 11.6 Å². The van der Waals surface area contributed by atoms with Crippen molar-refractivity contribution in [1.29, 1.82) is 0 Å². The summed E-state index contributed by atoms with van der Waals surface area (Å²) in [7, 11) is 0. The molecule has 0 spiro atoms. The highest BCUT2D eigenvalue weighted by molar-refractivity contribution is 14.1. The Morgan fingerprint density at radius 2 is 1.82 bits per heavy atom. The zero-order chi connectivity index (χ0) is 12.4. The van der Waals surface area contributed by atoms with Crippen molar-refractivity contribution in [2.75, 3.05) is 0 Å². The highest BCUT2D eigenvalue weighted by Gasteiger charge is 2.05. The van der Waals surface area contributed by atoms with E-state index >= 15 is 0 Å². The van der Waals surface area contributed by atoms with Gasteiger partial charge in [-0.2, -0.15) is 0 Å². The molecular formula is C13H9ClFIS. The molecule has 0 heterocycles. The Kier molecular flexibility index (Phi) is 4.33. The molecule has 0 atom stereocenters. The lowest BCUT2D eigenvalue weighted by Crippen LogP contribution is -1.84. The van der Waals surface area contributed by atoms with Crippen molar-refractivity contribution in [3.05, 3.63) is 56.4 Å². The van der Waals surface area contributed by atoms with Crippen molar-refractivity contribution in [2.45, 2.75) is 16.7 Å². The van der Waals surface area contributed by atoms with Crippen molar-refractivity contribution in [1.82, 2.24) is 0 Å². The van der Waals surface area contributed by atoms with Crippen LogP contribution >= 0.6 is 46.0 Å². The molecule has 0 fully saturated rings. The molecule has 2 aromatic carbocycles. The fourth-order valence-corrected chi connectivity index (χ4v) is 3.14. The van der Waals surface area contributed by atoms with Crippen LogP contribution in [0.4, 0.5) is 4.39 Å². The van der Waals surface area contributed by atoms with E-state index in [-0.39, 0.29) is 5.82 Å². The van der Waals surface area contributed by atoms with Crippen LogP contribution in [0.3, 0.4) is 0 Å². The fourth-order valence-electron chi connectivity index (χ4n) is 1.37. The first kappa shape index (κ1) is 13.2. The van der Waals surface area contributed by atoms with E-state index in [1.807, 2.05) is 13.0 Å². The predicted octanol–water partition coefficient (Wildman–Crippen LogP) is 5.54. The second-order valence-corrected chi connectivity index (χ2v) is 6.27. The molecule has 2 rings (SSSR count). The highest BCUT2D eigenvalue weighted by atomic mass is 127. The minimum atomic E-state index is -0.216. The fraction of sp³-hybridized carbons (Fsp3) is 0.0769. The Bertz CT molecular complexity index is 540. The maximum Gasteiger partial charge on any atom is 0.123 e. The van der Waals surface area contributed by atoms with Gasteiger partial charge in [0.2, 0.25) is 0 Å². The third-order valence-corrected chi connectivity index (χ3v) is 4.95. The summed E-state index contributed by atoms with van der Waals surface area (Å²) in [5.74, 6) is -0.216. The van der Waals surface area contributed by atoms with Crippen LogP contribution in [0.5, 0.6) is 0 Å². The lowest BCUT2D eigenvalue weighted by Gasteiger charge is -2.07. The molecule has 4 heteroatoms. The van der Waals surface area contributed by atoms with Crippen molar-refractivity contribution in [3.8, 4) is 0 Å². The lowest BCUT2D eigenvalue weighted by atomic mass is 10.2. The summed E-state index contributed by atoms with van der Waals surface area (Å²) in [5.41, 5.74) is 1.17. The zero-order valence-electron chi connectivity index (χ0n) is 9.01. The minimum Gasteiger partial charge on any atom is -0.207 e. The van der Waals surface area contributed by atoms with E-state index in [0.29, 0.717) is 0 Å². The van der Waals surface area contributed by atoms with E-state index in [1.54, 1.807) is 23.9 Å². The first-order chi connectivity index (χ1) is 8.06. The summed E-state index contributed by atoms with van der Waals surface area (Å²) in [6.07, 6.45) is 0. The summed E-state index contributed by atoms with van der Waals surface area (Å²) in [6, 6.07) is 10.5. The van der Waals surface area contributed by atoms with Gasteiger partial charge in [0.15, 0.2) is 0 Å². The average Bonchev–Trinajstić information content (AvgIpc) is 2.29. The van der Waals surface area contributed by atoms with Gasteiger partial charge >= 0.3 is 0 Å². The quantitative estimate of drug-likeness (QED) is 0.618. The van der Waals surface area contributed by atoms with Gasteiger partial charge < -0.3 is 0 Å². The molecule has 0 amide bonds. The standard InChI is InChI=1S/C13H9ClFIS/c1-8-6-12(16)11(14)7-13(8)17-10-4-2-9(15)3-5-10/h2-7H,1H3. The molecule has 0 bridgehead atoms. The zero-order valence-corrected chi connectivity index (χ0v) is 12.7. The second-order valence-electron chi connectivity index (χ2n) is 3.59. The molecule has 0 saturated heterocycles. The first-order valence-electron chi connectivity index (χ1n) is 4.95. The molecule has 0 aliphatic rings. The molecular weight excluding hydrogens is 370 g/mol. The van der Waals surface area contributed by atoms with E-state index in [1.165, 1.54) is 17.7 Å². The molecule has 0 aliphatic heterocycles. The van der Waals surface area contributed by atoms with Crippen LogP contribution in [-0.2, 0) is 0 Å². The van der Waals surface area contributed by atoms with Crippen LogP contribution in [0.1, 0.15) is 5.56 Å². The van der Waals surface area contributed by atoms with Crippen LogP contribution in [0.15, 0.2) is 46.2 Å². The van der Waals surface area contributed by atoms with Gasteiger partial charge in [0.1, 0.15) is 5.82 Å². The largest absolute Gasteiger partial charge is 0.207 e. The van der Waals surface area contributed by atoms with Crippen molar-refractivity contribution >= 4 is 46.0 Å². The van der Waals surface area contributed by atoms with Crippen molar-refractivity contribution in [2.24, 2.45) is 0 Å². The van der Waals surface area contributed by atoms with E-state index in [2.05, 4.69) is 28.7 Å². The minimum absolute atomic E-state index is 0.216. The molecule has 0 N–H and O–H groups in total. The van der Waals surface area contributed by atoms with E-state index in [9.17, 15) is 4.39 Å². The molecule has 0 unspecified atom stereocenters. The monoisotopic (exact) mass is 378 g/mol. The Labute approximate surface area is 123 Å². The average molecular weight is 379 g/mol. The maximum absolute atomic E-state index is 12.8. The smallest absolute Gasteiger partial charge is 0.123 e. The third-order valence-electron chi connectivity index (χ3n) is 2.26. The molecule has 0 saturated carbocycles. The molecule has 0 radical (unpaired) electrons. The summed E-state index contributed by atoms with van der Waals surface area (Å²) < 4.78 is 13.8. The predicted molar refractivity (Wildman–Crippen MR) is 79.4 cm³/mol. The first-order valence-corrected chi connectivity index (χ1v) is 7.22. The molecule has 0 nitrogen and oxygen atoms in total. The number of rotatable bonds is 2. The van der Waals surface area contributed by atoms with E-state index in [0.717, 1.165) is 18.4 Å². The van der Waals surface area contributed by atoms with Crippen LogP contribution in [-0.4, -0.2) is 0 Å². The molecule has 88 valence electrons. The van der Waals surface area contributed by atoms with Crippen LogP contribution < -0.4 is 0 Å². The van der Waals surface area contributed by atoms with Gasteiger partial charge in [-0.15, -0.1) is 0 Å². The van der Waals surface area contributed by atoms with Gasteiger partial charge in [-0.25, -0.2) is 4.39 Å². The summed E-state index contributed by atoms with van der Waals surface area (Å²) in [4.78, 5) is 2.11. The number of halogens is 3. The van der Waals surface area contributed by atoms with Gasteiger partial charge in [-0.1, -0.05) is 23.4 Å². The van der Waals surface area contributed by atoms with Crippen molar-refractivity contribution < 1.29 is 4.39 Å². The topological polar surface area (TPSA) is 0 Å². The normalized spacial score (nSPS) is 10.6. The molecule has 2 aromatic rings. The lowest BCUT2D eigenvalue weighted by molar-refractivity contribution is 0.626. The molecule has 17 heavy (non-hydrogen) atoms. The van der Waals surface area contributed by atoms with Crippen LogP contribution in [0, 0.1) is 16.3 Å². The SMILES string of the molecule is Cc1cc(I)c(Cl)cc1Sc1ccc(F)cc1. The number of hydrogen-bond acceptors (Lipinski definition) is 1. The van der Waals surface area contributed by atoms with Crippen LogP contribution in [0.25, 0.3) is 0 Å². The second kappa shape index (κ2) is 5.59. The Balaban J connectivity index is 2.30. The van der Waals surface area contributed by atoms with Gasteiger partial charge in [0, 0.05) is 13.4 Å². The van der Waals surface area contributed by atoms with Crippen molar-refractivity contribution in [3.63, 3.8) is 0 Å². The Hall–Kier alpha value is -0.260.